The van der Waals surface area contributed by atoms with Crippen molar-refractivity contribution in [1.82, 2.24) is 0 Å². The van der Waals surface area contributed by atoms with Gasteiger partial charge in [0.1, 0.15) is 10.6 Å². The summed E-state index contributed by atoms with van der Waals surface area (Å²) in [6.07, 6.45) is 1.18. The zero-order valence-corrected chi connectivity index (χ0v) is 18.5. The molecular weight excluding hydrogens is 418 g/mol. The van der Waals surface area contributed by atoms with Gasteiger partial charge in [-0.05, 0) is 43.2 Å². The molecule has 0 aliphatic carbocycles. The second-order valence-corrected chi connectivity index (χ2v) is 10.2. The predicted octanol–water partition coefficient (Wildman–Crippen LogP) is 5.15. The second-order valence-electron chi connectivity index (χ2n) is 7.38. The Morgan fingerprint density at radius 3 is 2.67 bits per heavy atom. The molecule has 0 saturated heterocycles. The first-order valence-corrected chi connectivity index (χ1v) is 12.2. The maximum absolute atomic E-state index is 13.2. The number of nitrogens with one attached hydrogen (secondary N) is 1. The fraction of sp³-hybridized carbons (Fsp3) is 0.261. The van der Waals surface area contributed by atoms with Crippen LogP contribution in [0.15, 0.2) is 63.7 Å². The minimum atomic E-state index is -3.73. The summed E-state index contributed by atoms with van der Waals surface area (Å²) in [4.78, 5) is 13.7. The van der Waals surface area contributed by atoms with Crippen LogP contribution in [0.2, 0.25) is 0 Å². The van der Waals surface area contributed by atoms with Gasteiger partial charge < -0.3 is 10.1 Å². The zero-order chi connectivity index (χ0) is 21.3. The van der Waals surface area contributed by atoms with E-state index in [0.29, 0.717) is 12.3 Å². The third kappa shape index (κ3) is 3.87. The number of hydrogen-bond donors (Lipinski definition) is 1. The van der Waals surface area contributed by atoms with Crippen LogP contribution >= 0.6 is 11.3 Å². The Bertz CT molecular complexity index is 1180. The smallest absolute Gasteiger partial charge is 0.225 e. The Hall–Kier alpha value is -2.64. The van der Waals surface area contributed by atoms with Gasteiger partial charge in [0.25, 0.3) is 0 Å². The first-order valence-electron chi connectivity index (χ1n) is 9.86. The van der Waals surface area contributed by atoms with E-state index < -0.39 is 9.84 Å². The molecule has 156 valence electrons. The third-order valence-corrected chi connectivity index (χ3v) is 8.15. The highest BCUT2D eigenvalue weighted by atomic mass is 32.2. The molecule has 1 amide bonds. The SMILES string of the molecule is CCCOc1cccc([C@@H]2CC(=O)Nc3c(S(=O)(=O)c4ccc(C)cc4)csc32)c1. The van der Waals surface area contributed by atoms with Crippen LogP contribution in [-0.2, 0) is 14.6 Å². The molecule has 0 spiro atoms. The summed E-state index contributed by atoms with van der Waals surface area (Å²) in [6, 6.07) is 14.5. The second kappa shape index (κ2) is 8.24. The molecule has 7 heteroatoms. The van der Waals surface area contributed by atoms with Gasteiger partial charge in [0.2, 0.25) is 15.7 Å². The van der Waals surface area contributed by atoms with E-state index in [4.69, 9.17) is 4.74 Å². The minimum Gasteiger partial charge on any atom is -0.494 e. The van der Waals surface area contributed by atoms with E-state index in [1.54, 1.807) is 29.6 Å². The lowest BCUT2D eigenvalue weighted by molar-refractivity contribution is -0.116. The summed E-state index contributed by atoms with van der Waals surface area (Å²) in [5, 5.41) is 4.44. The van der Waals surface area contributed by atoms with Crippen LogP contribution in [0.5, 0.6) is 5.75 Å². The number of fused-ring (bicyclic) bond motifs is 1. The molecule has 0 fully saturated rings. The molecule has 5 nitrogen and oxygen atoms in total. The maximum atomic E-state index is 13.2. The fourth-order valence-electron chi connectivity index (χ4n) is 3.56. The van der Waals surface area contributed by atoms with Crippen molar-refractivity contribution >= 4 is 32.8 Å². The quantitative estimate of drug-likeness (QED) is 0.574. The molecule has 0 bridgehead atoms. The molecular formula is C23H23NO4S2. The summed E-state index contributed by atoms with van der Waals surface area (Å²) in [5.74, 6) is 0.364. The van der Waals surface area contributed by atoms with Crippen LogP contribution in [0.1, 0.15) is 41.7 Å². The van der Waals surface area contributed by atoms with E-state index in [0.717, 1.165) is 28.2 Å². The number of benzene rings is 2. The molecule has 4 rings (SSSR count). The number of amides is 1. The Morgan fingerprint density at radius 2 is 1.93 bits per heavy atom. The highest BCUT2D eigenvalue weighted by Gasteiger charge is 2.34. The molecule has 1 aromatic heterocycles. The number of carbonyl (C=O) groups is 1. The van der Waals surface area contributed by atoms with Crippen molar-refractivity contribution in [3.63, 3.8) is 0 Å². The summed E-state index contributed by atoms with van der Waals surface area (Å²) in [5.41, 5.74) is 2.34. The van der Waals surface area contributed by atoms with Crippen molar-refractivity contribution in [2.45, 2.75) is 42.4 Å². The van der Waals surface area contributed by atoms with Gasteiger partial charge in [-0.25, -0.2) is 8.42 Å². The molecule has 1 N–H and O–H groups in total. The van der Waals surface area contributed by atoms with Gasteiger partial charge in [-0.1, -0.05) is 36.8 Å². The third-order valence-electron chi connectivity index (χ3n) is 5.11. The number of hydrogen-bond acceptors (Lipinski definition) is 5. The molecule has 1 atom stereocenters. The molecule has 0 radical (unpaired) electrons. The molecule has 3 aromatic rings. The van der Waals surface area contributed by atoms with Gasteiger partial charge in [-0.2, -0.15) is 0 Å². The van der Waals surface area contributed by atoms with Crippen LogP contribution < -0.4 is 10.1 Å². The van der Waals surface area contributed by atoms with Crippen LogP contribution in [-0.4, -0.2) is 20.9 Å². The Balaban J connectivity index is 1.75. The van der Waals surface area contributed by atoms with E-state index in [2.05, 4.69) is 5.32 Å². The summed E-state index contributed by atoms with van der Waals surface area (Å²) >= 11 is 1.37. The summed E-state index contributed by atoms with van der Waals surface area (Å²) in [6.45, 7) is 4.58. The average Bonchev–Trinajstić information content (AvgIpc) is 3.16. The number of sulfone groups is 1. The zero-order valence-electron chi connectivity index (χ0n) is 16.8. The fourth-order valence-corrected chi connectivity index (χ4v) is 6.46. The largest absolute Gasteiger partial charge is 0.494 e. The number of aryl methyl sites for hydroxylation is 1. The lowest BCUT2D eigenvalue weighted by atomic mass is 9.90. The number of ether oxygens (including phenoxy) is 1. The molecule has 2 aromatic carbocycles. The minimum absolute atomic E-state index is 0.155. The lowest BCUT2D eigenvalue weighted by Crippen LogP contribution is -2.23. The number of anilines is 1. The van der Waals surface area contributed by atoms with Crippen molar-refractivity contribution in [2.75, 3.05) is 11.9 Å². The van der Waals surface area contributed by atoms with Gasteiger partial charge in [0.15, 0.2) is 0 Å². The first-order chi connectivity index (χ1) is 14.4. The first kappa shape index (κ1) is 20.6. The van der Waals surface area contributed by atoms with Crippen molar-refractivity contribution in [2.24, 2.45) is 0 Å². The van der Waals surface area contributed by atoms with Crippen LogP contribution in [0.25, 0.3) is 0 Å². The van der Waals surface area contributed by atoms with Crippen LogP contribution in [0, 0.1) is 6.92 Å². The molecule has 2 heterocycles. The highest BCUT2D eigenvalue weighted by Crippen LogP contribution is 2.46. The molecule has 0 saturated carbocycles. The normalized spacial score (nSPS) is 16.1. The monoisotopic (exact) mass is 441 g/mol. The van der Waals surface area contributed by atoms with E-state index in [1.165, 1.54) is 11.3 Å². The van der Waals surface area contributed by atoms with Gasteiger partial charge in [0, 0.05) is 22.6 Å². The van der Waals surface area contributed by atoms with E-state index >= 15 is 0 Å². The average molecular weight is 442 g/mol. The number of carbonyl (C=O) groups excluding carboxylic acids is 1. The van der Waals surface area contributed by atoms with Crippen molar-refractivity contribution in [1.29, 1.82) is 0 Å². The lowest BCUT2D eigenvalue weighted by Gasteiger charge is -2.24. The summed E-state index contributed by atoms with van der Waals surface area (Å²) in [7, 11) is -3.73. The van der Waals surface area contributed by atoms with E-state index in [9.17, 15) is 13.2 Å². The van der Waals surface area contributed by atoms with Crippen molar-refractivity contribution in [3.8, 4) is 5.75 Å². The van der Waals surface area contributed by atoms with E-state index in [1.807, 2.05) is 38.1 Å². The Labute approximate surface area is 180 Å². The Morgan fingerprint density at radius 1 is 1.17 bits per heavy atom. The van der Waals surface area contributed by atoms with Crippen LogP contribution in [0.3, 0.4) is 0 Å². The molecule has 1 aliphatic rings. The molecule has 0 unspecified atom stereocenters. The maximum Gasteiger partial charge on any atom is 0.225 e. The summed E-state index contributed by atoms with van der Waals surface area (Å²) < 4.78 is 32.2. The van der Waals surface area contributed by atoms with E-state index in [-0.39, 0.29) is 28.0 Å². The number of rotatable bonds is 6. The molecule has 1 aliphatic heterocycles. The number of thiophene rings is 1. The Kier molecular flexibility index (Phi) is 5.66. The van der Waals surface area contributed by atoms with Gasteiger partial charge in [-0.15, -0.1) is 11.3 Å². The van der Waals surface area contributed by atoms with Crippen LogP contribution in [0.4, 0.5) is 5.69 Å². The van der Waals surface area contributed by atoms with Gasteiger partial charge in [-0.3, -0.25) is 4.79 Å². The predicted molar refractivity (Wildman–Crippen MR) is 118 cm³/mol. The van der Waals surface area contributed by atoms with Crippen molar-refractivity contribution < 1.29 is 17.9 Å². The van der Waals surface area contributed by atoms with Gasteiger partial charge >= 0.3 is 0 Å². The highest BCUT2D eigenvalue weighted by molar-refractivity contribution is 7.91. The topological polar surface area (TPSA) is 72.5 Å². The van der Waals surface area contributed by atoms with Gasteiger partial charge in [0.05, 0.1) is 17.2 Å². The standard InChI is InChI=1S/C23H23NO4S2/c1-3-11-28-17-6-4-5-16(12-17)19-13-21(25)24-22-20(14-29-23(19)22)30(26,27)18-9-7-15(2)8-10-18/h4-10,12,14,19H,3,11,13H2,1-2H3,(H,24,25)/t19-/m0/s1. The molecule has 30 heavy (non-hydrogen) atoms. The van der Waals surface area contributed by atoms with Crippen molar-refractivity contribution in [3.05, 3.63) is 69.9 Å².